The molecule has 0 aromatic heterocycles. The van der Waals surface area contributed by atoms with Crippen LogP contribution in [0.1, 0.15) is 110 Å². The zero-order valence-corrected chi connectivity index (χ0v) is 17.4. The molecule has 0 aromatic carbocycles. The number of hydrogen-bond donors (Lipinski definition) is 0. The third kappa shape index (κ3) is 5.49. The van der Waals surface area contributed by atoms with E-state index in [-0.39, 0.29) is 12.1 Å². The van der Waals surface area contributed by atoms with Gasteiger partial charge in [0.15, 0.2) is 0 Å². The first-order chi connectivity index (χ1) is 12.7. The third-order valence-corrected chi connectivity index (χ3v) is 8.09. The Bertz CT molecular complexity index is 408. The molecule has 3 saturated carbocycles. The molecule has 0 atom stereocenters. The van der Waals surface area contributed by atoms with Crippen LogP contribution in [0.4, 0.5) is 0 Å². The summed E-state index contributed by atoms with van der Waals surface area (Å²) in [5, 5.41) is 0. The Morgan fingerprint density at radius 1 is 0.692 bits per heavy atom. The lowest BCUT2D eigenvalue weighted by molar-refractivity contribution is -0.151. The Morgan fingerprint density at radius 2 is 1.12 bits per heavy atom. The Morgan fingerprint density at radius 3 is 1.54 bits per heavy atom. The van der Waals surface area contributed by atoms with Crippen LogP contribution < -0.4 is 0 Å². The number of ether oxygens (including phenoxy) is 1. The van der Waals surface area contributed by atoms with Crippen LogP contribution in [-0.2, 0) is 9.53 Å². The fourth-order valence-corrected chi connectivity index (χ4v) is 6.28. The molecule has 0 aromatic rings. The minimum Gasteiger partial charge on any atom is -0.462 e. The van der Waals surface area contributed by atoms with Gasteiger partial charge in [0.05, 0.1) is 0 Å². The van der Waals surface area contributed by atoms with E-state index in [0.717, 1.165) is 48.9 Å². The lowest BCUT2D eigenvalue weighted by atomic mass is 9.65. The Balaban J connectivity index is 1.35. The van der Waals surface area contributed by atoms with E-state index in [0.29, 0.717) is 6.42 Å². The molecule has 0 amide bonds. The van der Waals surface area contributed by atoms with Crippen molar-refractivity contribution in [2.45, 2.75) is 116 Å². The highest BCUT2D eigenvalue weighted by Gasteiger charge is 2.34. The molecule has 3 fully saturated rings. The van der Waals surface area contributed by atoms with Crippen molar-refractivity contribution in [3.63, 3.8) is 0 Å². The van der Waals surface area contributed by atoms with Crippen LogP contribution in [0, 0.1) is 29.6 Å². The lowest BCUT2D eigenvalue weighted by Crippen LogP contribution is -2.31. The minimum absolute atomic E-state index is 0.0225. The number of rotatable bonds is 6. The normalized spacial score (nSPS) is 38.7. The van der Waals surface area contributed by atoms with E-state index in [1.807, 2.05) is 6.92 Å². The van der Waals surface area contributed by atoms with Crippen LogP contribution in [-0.4, -0.2) is 12.1 Å². The molecule has 0 N–H and O–H groups in total. The van der Waals surface area contributed by atoms with E-state index in [9.17, 15) is 4.79 Å². The summed E-state index contributed by atoms with van der Waals surface area (Å²) in [4.78, 5) is 11.7. The molecule has 150 valence electrons. The highest BCUT2D eigenvalue weighted by Crippen LogP contribution is 2.45. The van der Waals surface area contributed by atoms with Crippen molar-refractivity contribution in [1.29, 1.82) is 0 Å². The van der Waals surface area contributed by atoms with Crippen LogP contribution >= 0.6 is 0 Å². The van der Waals surface area contributed by atoms with Gasteiger partial charge < -0.3 is 4.74 Å². The number of carbonyl (C=O) groups is 1. The average Bonchev–Trinajstić information content (AvgIpc) is 2.69. The SMILES string of the molecule is CCCC(=O)OC1CCC(C2CCC(C3CCC(CC)CC3)CC2)CC1. The van der Waals surface area contributed by atoms with Crippen LogP contribution in [0.2, 0.25) is 0 Å². The summed E-state index contributed by atoms with van der Waals surface area (Å²) in [6.07, 6.45) is 19.9. The molecule has 0 unspecified atom stereocenters. The maximum absolute atomic E-state index is 11.7. The molecule has 2 heteroatoms. The van der Waals surface area contributed by atoms with Crippen molar-refractivity contribution in [1.82, 2.24) is 0 Å². The van der Waals surface area contributed by atoms with E-state index in [2.05, 4.69) is 6.92 Å². The van der Waals surface area contributed by atoms with E-state index >= 15 is 0 Å². The van der Waals surface area contributed by atoms with Gasteiger partial charge in [-0.15, -0.1) is 0 Å². The summed E-state index contributed by atoms with van der Waals surface area (Å²) in [6, 6.07) is 0. The molecular formula is C24H42O2. The van der Waals surface area contributed by atoms with Crippen LogP contribution in [0.15, 0.2) is 0 Å². The van der Waals surface area contributed by atoms with Gasteiger partial charge in [-0.2, -0.15) is 0 Å². The smallest absolute Gasteiger partial charge is 0.306 e. The van der Waals surface area contributed by atoms with Gasteiger partial charge in [-0.25, -0.2) is 0 Å². The average molecular weight is 363 g/mol. The molecule has 0 spiro atoms. The van der Waals surface area contributed by atoms with Gasteiger partial charge >= 0.3 is 5.97 Å². The minimum atomic E-state index is 0.0225. The van der Waals surface area contributed by atoms with Crippen molar-refractivity contribution >= 4 is 5.97 Å². The predicted octanol–water partition coefficient (Wildman–Crippen LogP) is 6.91. The second-order valence-corrected chi connectivity index (χ2v) is 9.64. The summed E-state index contributed by atoms with van der Waals surface area (Å²) in [7, 11) is 0. The van der Waals surface area contributed by atoms with Crippen molar-refractivity contribution in [2.24, 2.45) is 29.6 Å². The van der Waals surface area contributed by atoms with Gasteiger partial charge in [0.25, 0.3) is 0 Å². The molecule has 26 heavy (non-hydrogen) atoms. The topological polar surface area (TPSA) is 26.3 Å². The summed E-state index contributed by atoms with van der Waals surface area (Å²) in [5.41, 5.74) is 0. The van der Waals surface area contributed by atoms with E-state index in [1.165, 1.54) is 70.6 Å². The first kappa shape index (κ1) is 20.2. The summed E-state index contributed by atoms with van der Waals surface area (Å²) in [6.45, 7) is 4.42. The first-order valence-corrected chi connectivity index (χ1v) is 11.9. The van der Waals surface area contributed by atoms with E-state index < -0.39 is 0 Å². The summed E-state index contributed by atoms with van der Waals surface area (Å²) < 4.78 is 5.64. The first-order valence-electron chi connectivity index (χ1n) is 11.9. The van der Waals surface area contributed by atoms with E-state index in [1.54, 1.807) is 0 Å². The van der Waals surface area contributed by atoms with Crippen molar-refractivity contribution < 1.29 is 9.53 Å². The number of esters is 1. The predicted molar refractivity (Wildman–Crippen MR) is 108 cm³/mol. The van der Waals surface area contributed by atoms with Crippen LogP contribution in [0.25, 0.3) is 0 Å². The lowest BCUT2D eigenvalue weighted by Gasteiger charge is -2.41. The molecule has 0 radical (unpaired) electrons. The molecule has 0 saturated heterocycles. The largest absolute Gasteiger partial charge is 0.462 e. The summed E-state index contributed by atoms with van der Waals surface area (Å²) >= 11 is 0. The second kappa shape index (κ2) is 10.1. The monoisotopic (exact) mass is 362 g/mol. The molecule has 2 nitrogen and oxygen atoms in total. The zero-order chi connectivity index (χ0) is 18.4. The van der Waals surface area contributed by atoms with Crippen molar-refractivity contribution in [3.05, 3.63) is 0 Å². The highest BCUT2D eigenvalue weighted by molar-refractivity contribution is 5.69. The fourth-order valence-electron chi connectivity index (χ4n) is 6.28. The number of carbonyl (C=O) groups excluding carboxylic acids is 1. The fraction of sp³-hybridized carbons (Fsp3) is 0.958. The maximum Gasteiger partial charge on any atom is 0.306 e. The van der Waals surface area contributed by atoms with Crippen molar-refractivity contribution in [3.8, 4) is 0 Å². The van der Waals surface area contributed by atoms with Gasteiger partial charge in [0, 0.05) is 6.42 Å². The van der Waals surface area contributed by atoms with Gasteiger partial charge in [-0.1, -0.05) is 33.1 Å². The van der Waals surface area contributed by atoms with Crippen LogP contribution in [0.5, 0.6) is 0 Å². The zero-order valence-electron chi connectivity index (χ0n) is 17.4. The molecule has 3 rings (SSSR count). The summed E-state index contributed by atoms with van der Waals surface area (Å²) in [5.74, 6) is 5.01. The standard InChI is InChI=1S/C24H42O2/c1-3-5-24(25)26-23-16-14-22(15-17-23)21-12-10-20(11-13-21)19-8-6-18(4-2)7-9-19/h18-23H,3-17H2,1-2H3. The quantitative estimate of drug-likeness (QED) is 0.480. The van der Waals surface area contributed by atoms with Gasteiger partial charge in [0.1, 0.15) is 6.10 Å². The third-order valence-electron chi connectivity index (χ3n) is 8.09. The second-order valence-electron chi connectivity index (χ2n) is 9.64. The molecule has 0 aliphatic heterocycles. The molecular weight excluding hydrogens is 320 g/mol. The Kier molecular flexibility index (Phi) is 7.88. The molecule has 0 bridgehead atoms. The van der Waals surface area contributed by atoms with Crippen molar-refractivity contribution in [2.75, 3.05) is 0 Å². The van der Waals surface area contributed by atoms with E-state index in [4.69, 9.17) is 4.74 Å². The molecule has 3 aliphatic rings. The van der Waals surface area contributed by atoms with Gasteiger partial charge in [-0.3, -0.25) is 4.79 Å². The van der Waals surface area contributed by atoms with Gasteiger partial charge in [0.2, 0.25) is 0 Å². The van der Waals surface area contributed by atoms with Crippen LogP contribution in [0.3, 0.4) is 0 Å². The van der Waals surface area contributed by atoms with Gasteiger partial charge in [-0.05, 0) is 100 Å². The molecule has 3 aliphatic carbocycles. The number of hydrogen-bond acceptors (Lipinski definition) is 2. The Hall–Kier alpha value is -0.530. The maximum atomic E-state index is 11.7. The Labute approximate surface area is 161 Å². The molecule has 0 heterocycles. The highest BCUT2D eigenvalue weighted by atomic mass is 16.5.